The van der Waals surface area contributed by atoms with Crippen LogP contribution >= 0.6 is 0 Å². The topological polar surface area (TPSA) is 55.8 Å². The highest BCUT2D eigenvalue weighted by Crippen LogP contribution is 2.27. The van der Waals surface area contributed by atoms with Gasteiger partial charge in [0.1, 0.15) is 5.82 Å². The van der Waals surface area contributed by atoms with Gasteiger partial charge in [0, 0.05) is 31.2 Å². The lowest BCUT2D eigenvalue weighted by Crippen LogP contribution is -2.48. The zero-order valence-electron chi connectivity index (χ0n) is 16.8. The lowest BCUT2D eigenvalue weighted by Gasteiger charge is -2.40. The minimum absolute atomic E-state index is 0.138. The molecular formula is C22H34FN3O2. The van der Waals surface area contributed by atoms with E-state index in [1.54, 1.807) is 18.2 Å². The van der Waals surface area contributed by atoms with Crippen molar-refractivity contribution in [1.82, 2.24) is 15.1 Å². The predicted molar refractivity (Wildman–Crippen MR) is 108 cm³/mol. The molecule has 2 amide bonds. The van der Waals surface area contributed by atoms with Crippen LogP contribution in [-0.2, 0) is 6.54 Å². The van der Waals surface area contributed by atoms with Crippen LogP contribution in [0.15, 0.2) is 24.3 Å². The van der Waals surface area contributed by atoms with Gasteiger partial charge in [-0.2, -0.15) is 0 Å². The molecule has 1 aromatic carbocycles. The number of hydrogen-bond acceptors (Lipinski definition) is 3. The van der Waals surface area contributed by atoms with Crippen molar-refractivity contribution < 1.29 is 14.3 Å². The first kappa shape index (κ1) is 21.1. The molecule has 2 N–H and O–H groups in total. The fourth-order valence-corrected chi connectivity index (χ4v) is 4.59. The summed E-state index contributed by atoms with van der Waals surface area (Å²) in [4.78, 5) is 16.8. The monoisotopic (exact) mass is 391 g/mol. The van der Waals surface area contributed by atoms with Crippen LogP contribution in [0, 0.1) is 11.7 Å². The Morgan fingerprint density at radius 3 is 2.71 bits per heavy atom. The number of carbonyl (C=O) groups is 1. The number of nitrogens with one attached hydrogen (secondary N) is 1. The number of amides is 2. The Labute approximate surface area is 167 Å². The first-order valence-electron chi connectivity index (χ1n) is 10.8. The highest BCUT2D eigenvalue weighted by atomic mass is 19.1. The molecule has 0 spiro atoms. The van der Waals surface area contributed by atoms with E-state index in [0.29, 0.717) is 18.0 Å². The predicted octanol–water partition coefficient (Wildman–Crippen LogP) is 3.37. The summed E-state index contributed by atoms with van der Waals surface area (Å²) in [7, 11) is 0. The third-order valence-electron chi connectivity index (χ3n) is 6.16. The molecule has 5 nitrogen and oxygen atoms in total. The van der Waals surface area contributed by atoms with Crippen LogP contribution in [0.5, 0.6) is 0 Å². The van der Waals surface area contributed by atoms with Gasteiger partial charge in [0.25, 0.3) is 0 Å². The smallest absolute Gasteiger partial charge is 0.317 e. The quantitative estimate of drug-likeness (QED) is 0.749. The van der Waals surface area contributed by atoms with E-state index in [9.17, 15) is 14.3 Å². The van der Waals surface area contributed by atoms with Crippen molar-refractivity contribution in [2.75, 3.05) is 32.8 Å². The van der Waals surface area contributed by atoms with E-state index in [-0.39, 0.29) is 31.5 Å². The Hall–Kier alpha value is -1.66. The Morgan fingerprint density at radius 2 is 1.96 bits per heavy atom. The number of halogens is 1. The van der Waals surface area contributed by atoms with Gasteiger partial charge >= 0.3 is 6.03 Å². The molecule has 2 aliphatic rings. The van der Waals surface area contributed by atoms with Crippen molar-refractivity contribution in [3.05, 3.63) is 35.6 Å². The van der Waals surface area contributed by atoms with Crippen LogP contribution < -0.4 is 5.32 Å². The summed E-state index contributed by atoms with van der Waals surface area (Å²) in [6.07, 6.45) is 9.00. The molecule has 1 saturated heterocycles. The first-order chi connectivity index (χ1) is 13.7. The summed E-state index contributed by atoms with van der Waals surface area (Å²) in [5.74, 6) is 0.137. The largest absolute Gasteiger partial charge is 0.395 e. The molecule has 1 aliphatic carbocycles. The van der Waals surface area contributed by atoms with Crippen LogP contribution in [0.2, 0.25) is 0 Å². The molecule has 0 radical (unpaired) electrons. The highest BCUT2D eigenvalue weighted by Gasteiger charge is 2.27. The highest BCUT2D eigenvalue weighted by molar-refractivity contribution is 5.74. The SMILES string of the molecule is O=C(NC[C@@H]1CCCN(C2CCCCC2)C1)N(CCO)Cc1ccccc1F. The number of piperidine rings is 1. The van der Waals surface area contributed by atoms with Gasteiger partial charge in [0.05, 0.1) is 13.2 Å². The first-order valence-corrected chi connectivity index (χ1v) is 10.8. The van der Waals surface area contributed by atoms with Crippen molar-refractivity contribution in [1.29, 1.82) is 0 Å². The number of likely N-dealkylation sites (tertiary alicyclic amines) is 1. The minimum Gasteiger partial charge on any atom is -0.395 e. The van der Waals surface area contributed by atoms with Crippen LogP contribution in [0.3, 0.4) is 0 Å². The van der Waals surface area contributed by atoms with E-state index in [4.69, 9.17) is 0 Å². The van der Waals surface area contributed by atoms with Gasteiger partial charge < -0.3 is 20.2 Å². The van der Waals surface area contributed by atoms with Gasteiger partial charge in [-0.25, -0.2) is 9.18 Å². The number of carbonyl (C=O) groups excluding carboxylic acids is 1. The maximum Gasteiger partial charge on any atom is 0.317 e. The molecule has 3 rings (SSSR count). The maximum atomic E-state index is 13.9. The van der Waals surface area contributed by atoms with E-state index in [1.165, 1.54) is 56.0 Å². The molecule has 1 aromatic rings. The fraction of sp³-hybridized carbons (Fsp3) is 0.682. The summed E-state index contributed by atoms with van der Waals surface area (Å²) >= 11 is 0. The Balaban J connectivity index is 1.50. The van der Waals surface area contributed by atoms with Gasteiger partial charge in [0.15, 0.2) is 0 Å². The van der Waals surface area contributed by atoms with E-state index in [2.05, 4.69) is 10.2 Å². The average Bonchev–Trinajstić information content (AvgIpc) is 2.74. The van der Waals surface area contributed by atoms with Crippen LogP contribution in [-0.4, -0.2) is 59.8 Å². The molecule has 0 aromatic heterocycles. The zero-order valence-corrected chi connectivity index (χ0v) is 16.8. The van der Waals surface area contributed by atoms with Crippen LogP contribution in [0.4, 0.5) is 9.18 Å². The van der Waals surface area contributed by atoms with Crippen molar-refractivity contribution in [2.45, 2.75) is 57.5 Å². The molecule has 1 aliphatic heterocycles. The molecule has 28 heavy (non-hydrogen) atoms. The number of nitrogens with zero attached hydrogens (tertiary/aromatic N) is 2. The van der Waals surface area contributed by atoms with E-state index >= 15 is 0 Å². The van der Waals surface area contributed by atoms with Crippen molar-refractivity contribution in [3.63, 3.8) is 0 Å². The molecule has 1 heterocycles. The van der Waals surface area contributed by atoms with Gasteiger partial charge in [0.2, 0.25) is 0 Å². The second kappa shape index (κ2) is 10.8. The minimum atomic E-state index is -0.325. The van der Waals surface area contributed by atoms with E-state index in [0.717, 1.165) is 19.0 Å². The molecular weight excluding hydrogens is 357 g/mol. The number of urea groups is 1. The van der Waals surface area contributed by atoms with Gasteiger partial charge in [-0.1, -0.05) is 37.5 Å². The van der Waals surface area contributed by atoms with Crippen molar-refractivity contribution in [2.24, 2.45) is 5.92 Å². The van der Waals surface area contributed by atoms with Crippen LogP contribution in [0.25, 0.3) is 0 Å². The number of aliphatic hydroxyl groups excluding tert-OH is 1. The molecule has 0 bridgehead atoms. The second-order valence-electron chi connectivity index (χ2n) is 8.22. The van der Waals surface area contributed by atoms with Crippen molar-refractivity contribution in [3.8, 4) is 0 Å². The third kappa shape index (κ3) is 5.92. The molecule has 156 valence electrons. The normalized spacial score (nSPS) is 21.4. The van der Waals surface area contributed by atoms with Gasteiger partial charge in [-0.05, 0) is 44.2 Å². The number of rotatable bonds is 7. The third-order valence-corrected chi connectivity index (χ3v) is 6.16. The number of aliphatic hydroxyl groups is 1. The number of benzene rings is 1. The lowest BCUT2D eigenvalue weighted by molar-refractivity contribution is 0.0974. The molecule has 2 fully saturated rings. The van der Waals surface area contributed by atoms with Crippen molar-refractivity contribution >= 4 is 6.03 Å². The van der Waals surface area contributed by atoms with Crippen LogP contribution in [0.1, 0.15) is 50.5 Å². The summed E-state index contributed by atoms with van der Waals surface area (Å²) in [5, 5.41) is 12.3. The Kier molecular flexibility index (Phi) is 8.10. The molecule has 1 atom stereocenters. The molecule has 1 saturated carbocycles. The molecule has 6 heteroatoms. The van der Waals surface area contributed by atoms with E-state index < -0.39 is 0 Å². The summed E-state index contributed by atoms with van der Waals surface area (Å²) in [5.41, 5.74) is 0.465. The Morgan fingerprint density at radius 1 is 1.18 bits per heavy atom. The zero-order chi connectivity index (χ0) is 19.8. The molecule has 0 unspecified atom stereocenters. The lowest BCUT2D eigenvalue weighted by atomic mass is 9.90. The van der Waals surface area contributed by atoms with E-state index in [1.807, 2.05) is 0 Å². The average molecular weight is 392 g/mol. The standard InChI is InChI=1S/C22H34FN3O2/c23-21-11-5-4-8-19(21)17-26(13-14-27)22(28)24-15-18-7-6-12-25(16-18)20-9-2-1-3-10-20/h4-5,8,11,18,20,27H,1-3,6-7,9-10,12-17H2,(H,24,28)/t18-/m0/s1. The number of hydrogen-bond donors (Lipinski definition) is 2. The maximum absolute atomic E-state index is 13.9. The summed E-state index contributed by atoms with van der Waals surface area (Å²) < 4.78 is 13.9. The summed E-state index contributed by atoms with van der Waals surface area (Å²) in [6.45, 7) is 3.09. The summed E-state index contributed by atoms with van der Waals surface area (Å²) in [6, 6.07) is 6.96. The Bertz CT molecular complexity index is 622. The van der Waals surface area contributed by atoms with Gasteiger partial charge in [-0.15, -0.1) is 0 Å². The van der Waals surface area contributed by atoms with Gasteiger partial charge in [-0.3, -0.25) is 0 Å². The fourth-order valence-electron chi connectivity index (χ4n) is 4.59. The second-order valence-corrected chi connectivity index (χ2v) is 8.22.